The molecule has 0 spiro atoms. The first-order chi connectivity index (χ1) is 5.56. The zero-order valence-corrected chi connectivity index (χ0v) is 8.72. The largest absolute Gasteiger partial charge is 0.292 e. The lowest BCUT2D eigenvalue weighted by atomic mass is 9.95. The summed E-state index contributed by atoms with van der Waals surface area (Å²) in [6, 6.07) is 2.36. The Hall–Kier alpha value is -0.550. The van der Waals surface area contributed by atoms with Gasteiger partial charge in [-0.05, 0) is 27.4 Å². The van der Waals surface area contributed by atoms with Crippen molar-refractivity contribution in [3.63, 3.8) is 0 Å². The van der Waals surface area contributed by atoms with E-state index in [2.05, 4.69) is 13.0 Å². The summed E-state index contributed by atoms with van der Waals surface area (Å²) < 4.78 is 0. The molecule has 0 aliphatic rings. The molecule has 70 valence electrons. The van der Waals surface area contributed by atoms with Gasteiger partial charge in [-0.25, -0.2) is 0 Å². The molecule has 0 saturated carbocycles. The Morgan fingerprint density at radius 2 is 1.92 bits per heavy atom. The minimum Gasteiger partial charge on any atom is -0.292 e. The van der Waals surface area contributed by atoms with E-state index in [1.807, 2.05) is 25.9 Å². The van der Waals surface area contributed by atoms with E-state index in [9.17, 15) is 0 Å². The number of hydrogen-bond donors (Lipinski definition) is 0. The van der Waals surface area contributed by atoms with Crippen LogP contribution in [0, 0.1) is 11.3 Å². The monoisotopic (exact) mass is 168 g/mol. The van der Waals surface area contributed by atoms with Crippen molar-refractivity contribution >= 4 is 0 Å². The molecule has 0 amide bonds. The zero-order valence-electron chi connectivity index (χ0n) is 8.72. The number of unbranched alkanes of at least 4 members (excludes halogenated alkanes) is 2. The molecular weight excluding hydrogens is 148 g/mol. The van der Waals surface area contributed by atoms with Crippen molar-refractivity contribution in [1.82, 2.24) is 4.90 Å². The molecule has 1 unspecified atom stereocenters. The maximum absolute atomic E-state index is 8.96. The molecule has 0 bridgehead atoms. The van der Waals surface area contributed by atoms with Gasteiger partial charge in [0.05, 0.1) is 6.07 Å². The number of hydrogen-bond acceptors (Lipinski definition) is 2. The highest BCUT2D eigenvalue weighted by molar-refractivity contribution is 5.03. The summed E-state index contributed by atoms with van der Waals surface area (Å²) in [5, 5.41) is 8.96. The van der Waals surface area contributed by atoms with Gasteiger partial charge in [0, 0.05) is 0 Å². The van der Waals surface area contributed by atoms with Gasteiger partial charge in [0.25, 0.3) is 0 Å². The lowest BCUT2D eigenvalue weighted by molar-refractivity contribution is 0.218. The average Bonchev–Trinajstić information content (AvgIpc) is 2.04. The van der Waals surface area contributed by atoms with Crippen LogP contribution < -0.4 is 0 Å². The van der Waals surface area contributed by atoms with E-state index in [1.165, 1.54) is 12.8 Å². The molecule has 0 radical (unpaired) electrons. The molecule has 0 aromatic heterocycles. The van der Waals surface area contributed by atoms with Crippen molar-refractivity contribution in [2.75, 3.05) is 14.1 Å². The maximum atomic E-state index is 8.96. The van der Waals surface area contributed by atoms with Crippen molar-refractivity contribution in [1.29, 1.82) is 5.26 Å². The highest BCUT2D eigenvalue weighted by Gasteiger charge is 2.25. The molecule has 0 aliphatic carbocycles. The number of nitriles is 1. The highest BCUT2D eigenvalue weighted by atomic mass is 15.1. The summed E-state index contributed by atoms with van der Waals surface area (Å²) in [6.45, 7) is 4.18. The second-order valence-corrected chi connectivity index (χ2v) is 3.74. The van der Waals surface area contributed by atoms with Crippen LogP contribution >= 0.6 is 0 Å². The topological polar surface area (TPSA) is 27.0 Å². The van der Waals surface area contributed by atoms with Crippen LogP contribution in [0.15, 0.2) is 0 Å². The van der Waals surface area contributed by atoms with Crippen LogP contribution in [0.4, 0.5) is 0 Å². The third-order valence-corrected chi connectivity index (χ3v) is 2.50. The number of rotatable bonds is 5. The minimum atomic E-state index is -0.269. The van der Waals surface area contributed by atoms with E-state index < -0.39 is 0 Å². The number of nitrogens with zero attached hydrogens (tertiary/aromatic N) is 2. The highest BCUT2D eigenvalue weighted by Crippen LogP contribution is 2.18. The Balaban J connectivity index is 3.91. The van der Waals surface area contributed by atoms with Crippen molar-refractivity contribution in [2.24, 2.45) is 0 Å². The molecule has 0 aromatic carbocycles. The maximum Gasteiger partial charge on any atom is 0.105 e. The van der Waals surface area contributed by atoms with Crippen LogP contribution in [0.25, 0.3) is 0 Å². The fraction of sp³-hybridized carbons (Fsp3) is 0.900. The standard InChI is InChI=1S/C10H20N2/c1-5-6-7-8-10(2,9-11)12(3)4/h5-8H2,1-4H3. The zero-order chi connectivity index (χ0) is 9.61. The predicted octanol–water partition coefficient (Wildman–Crippen LogP) is 2.41. The van der Waals surface area contributed by atoms with Gasteiger partial charge in [0.15, 0.2) is 0 Å². The molecule has 0 aromatic rings. The summed E-state index contributed by atoms with van der Waals surface area (Å²) in [5.74, 6) is 0. The van der Waals surface area contributed by atoms with E-state index in [1.54, 1.807) is 0 Å². The third kappa shape index (κ3) is 3.23. The van der Waals surface area contributed by atoms with E-state index in [-0.39, 0.29) is 5.54 Å². The molecule has 2 heteroatoms. The lowest BCUT2D eigenvalue weighted by Gasteiger charge is -2.29. The van der Waals surface area contributed by atoms with Gasteiger partial charge < -0.3 is 0 Å². The van der Waals surface area contributed by atoms with Gasteiger partial charge >= 0.3 is 0 Å². The summed E-state index contributed by atoms with van der Waals surface area (Å²) >= 11 is 0. The quantitative estimate of drug-likeness (QED) is 0.589. The van der Waals surface area contributed by atoms with Gasteiger partial charge in [-0.15, -0.1) is 0 Å². The van der Waals surface area contributed by atoms with Crippen LogP contribution in [-0.4, -0.2) is 24.5 Å². The summed E-state index contributed by atoms with van der Waals surface area (Å²) in [7, 11) is 3.93. The van der Waals surface area contributed by atoms with Crippen LogP contribution in [0.1, 0.15) is 39.5 Å². The average molecular weight is 168 g/mol. The molecule has 0 rings (SSSR count). The molecule has 0 N–H and O–H groups in total. The van der Waals surface area contributed by atoms with E-state index in [4.69, 9.17) is 5.26 Å². The Labute approximate surface area is 76.2 Å². The molecule has 12 heavy (non-hydrogen) atoms. The van der Waals surface area contributed by atoms with Crippen LogP contribution in [0.5, 0.6) is 0 Å². The lowest BCUT2D eigenvalue weighted by Crippen LogP contribution is -2.39. The van der Waals surface area contributed by atoms with E-state index in [0.717, 1.165) is 12.8 Å². The SMILES string of the molecule is CCCCCC(C)(C#N)N(C)C. The third-order valence-electron chi connectivity index (χ3n) is 2.50. The molecule has 0 fully saturated rings. The summed E-state index contributed by atoms with van der Waals surface area (Å²) in [4.78, 5) is 2.00. The minimum absolute atomic E-state index is 0.269. The second-order valence-electron chi connectivity index (χ2n) is 3.74. The summed E-state index contributed by atoms with van der Waals surface area (Å²) in [6.07, 6.45) is 4.57. The Morgan fingerprint density at radius 1 is 1.33 bits per heavy atom. The van der Waals surface area contributed by atoms with Crippen LogP contribution in [0.3, 0.4) is 0 Å². The van der Waals surface area contributed by atoms with Gasteiger partial charge in [-0.1, -0.05) is 26.2 Å². The second kappa shape index (κ2) is 5.16. The van der Waals surface area contributed by atoms with Gasteiger partial charge in [0.2, 0.25) is 0 Å². The van der Waals surface area contributed by atoms with E-state index in [0.29, 0.717) is 0 Å². The molecule has 0 heterocycles. The first-order valence-electron chi connectivity index (χ1n) is 4.65. The van der Waals surface area contributed by atoms with Gasteiger partial charge in [-0.3, -0.25) is 4.90 Å². The molecule has 2 nitrogen and oxygen atoms in total. The van der Waals surface area contributed by atoms with Crippen molar-refractivity contribution in [2.45, 2.75) is 45.1 Å². The summed E-state index contributed by atoms with van der Waals surface area (Å²) in [5.41, 5.74) is -0.269. The van der Waals surface area contributed by atoms with Crippen LogP contribution in [0.2, 0.25) is 0 Å². The Kier molecular flexibility index (Phi) is 4.92. The van der Waals surface area contributed by atoms with E-state index >= 15 is 0 Å². The molecular formula is C10H20N2. The molecule has 0 aliphatic heterocycles. The Morgan fingerprint density at radius 3 is 2.25 bits per heavy atom. The van der Waals surface area contributed by atoms with Crippen molar-refractivity contribution in [3.05, 3.63) is 0 Å². The first-order valence-corrected chi connectivity index (χ1v) is 4.65. The Bertz CT molecular complexity index is 158. The fourth-order valence-electron chi connectivity index (χ4n) is 1.10. The smallest absolute Gasteiger partial charge is 0.105 e. The van der Waals surface area contributed by atoms with Crippen molar-refractivity contribution < 1.29 is 0 Å². The molecule has 1 atom stereocenters. The first kappa shape index (κ1) is 11.4. The normalized spacial score (nSPS) is 15.7. The predicted molar refractivity (Wildman–Crippen MR) is 51.8 cm³/mol. The molecule has 0 saturated heterocycles. The van der Waals surface area contributed by atoms with Gasteiger partial charge in [-0.2, -0.15) is 5.26 Å². The van der Waals surface area contributed by atoms with Gasteiger partial charge in [0.1, 0.15) is 5.54 Å². The van der Waals surface area contributed by atoms with Crippen LogP contribution in [-0.2, 0) is 0 Å². The fourth-order valence-corrected chi connectivity index (χ4v) is 1.10. The van der Waals surface area contributed by atoms with Crippen molar-refractivity contribution in [3.8, 4) is 6.07 Å².